The van der Waals surface area contributed by atoms with Crippen molar-refractivity contribution in [3.8, 4) is 0 Å². The molecule has 0 radical (unpaired) electrons. The molecule has 2 nitrogen and oxygen atoms in total. The smallest absolute Gasteiger partial charge is 0.0409 e. The van der Waals surface area contributed by atoms with E-state index in [0.29, 0.717) is 12.1 Å². The molecule has 2 N–H and O–H groups in total. The zero-order chi connectivity index (χ0) is 11.5. The molecule has 1 aromatic carbocycles. The van der Waals surface area contributed by atoms with E-state index in [-0.39, 0.29) is 0 Å². The summed E-state index contributed by atoms with van der Waals surface area (Å²) in [6.45, 7) is 6.31. The molecule has 16 heavy (non-hydrogen) atoms. The van der Waals surface area contributed by atoms with Crippen LogP contribution in [-0.4, -0.2) is 18.6 Å². The first-order chi connectivity index (χ1) is 7.65. The second-order valence-electron chi connectivity index (χ2n) is 4.76. The molecule has 0 spiro atoms. The Morgan fingerprint density at radius 2 is 2.25 bits per heavy atom. The van der Waals surface area contributed by atoms with Crippen molar-refractivity contribution in [2.45, 2.75) is 38.9 Å². The van der Waals surface area contributed by atoms with Gasteiger partial charge in [-0.25, -0.2) is 0 Å². The van der Waals surface area contributed by atoms with Gasteiger partial charge in [-0.05, 0) is 29.7 Å². The van der Waals surface area contributed by atoms with Gasteiger partial charge in [-0.1, -0.05) is 31.5 Å². The predicted octanol–water partition coefficient (Wildman–Crippen LogP) is 2.35. The molecule has 2 rings (SSSR count). The Kier molecular flexibility index (Phi) is 3.85. The van der Waals surface area contributed by atoms with Gasteiger partial charge < -0.3 is 10.6 Å². The molecule has 1 heterocycles. The molecule has 0 aliphatic carbocycles. The summed E-state index contributed by atoms with van der Waals surface area (Å²) >= 11 is 5.98. The lowest BCUT2D eigenvalue weighted by molar-refractivity contribution is 0.430. The largest absolute Gasteiger partial charge is 0.313 e. The van der Waals surface area contributed by atoms with E-state index in [2.05, 4.69) is 36.6 Å². The van der Waals surface area contributed by atoms with Gasteiger partial charge in [0.15, 0.2) is 0 Å². The predicted molar refractivity (Wildman–Crippen MR) is 68.9 cm³/mol. The SMILES string of the molecule is CC(C)NCC1Cc2ccc(Cl)cc2CN1. The second kappa shape index (κ2) is 5.17. The van der Waals surface area contributed by atoms with Gasteiger partial charge in [-0.3, -0.25) is 0 Å². The van der Waals surface area contributed by atoms with Crippen molar-refractivity contribution >= 4 is 11.6 Å². The van der Waals surface area contributed by atoms with Crippen molar-refractivity contribution in [2.24, 2.45) is 0 Å². The van der Waals surface area contributed by atoms with E-state index >= 15 is 0 Å². The Morgan fingerprint density at radius 1 is 1.44 bits per heavy atom. The molecule has 88 valence electrons. The van der Waals surface area contributed by atoms with Gasteiger partial charge in [-0.2, -0.15) is 0 Å². The molecule has 1 aliphatic heterocycles. The first-order valence-electron chi connectivity index (χ1n) is 5.89. The highest BCUT2D eigenvalue weighted by molar-refractivity contribution is 6.30. The summed E-state index contributed by atoms with van der Waals surface area (Å²) in [5.41, 5.74) is 2.77. The highest BCUT2D eigenvalue weighted by Gasteiger charge is 2.17. The van der Waals surface area contributed by atoms with E-state index in [1.807, 2.05) is 6.07 Å². The van der Waals surface area contributed by atoms with Crippen molar-refractivity contribution in [3.05, 3.63) is 34.3 Å². The van der Waals surface area contributed by atoms with Crippen molar-refractivity contribution in [1.29, 1.82) is 0 Å². The number of hydrogen-bond acceptors (Lipinski definition) is 2. The van der Waals surface area contributed by atoms with Crippen LogP contribution in [0.2, 0.25) is 5.02 Å². The Morgan fingerprint density at radius 3 is 3.00 bits per heavy atom. The fraction of sp³-hybridized carbons (Fsp3) is 0.538. The van der Waals surface area contributed by atoms with Crippen LogP contribution in [0.25, 0.3) is 0 Å². The molecule has 1 aliphatic rings. The average Bonchev–Trinajstić information content (AvgIpc) is 2.26. The molecule has 1 aromatic rings. The lowest BCUT2D eigenvalue weighted by Crippen LogP contribution is -2.44. The van der Waals surface area contributed by atoms with E-state index in [0.717, 1.165) is 24.5 Å². The second-order valence-corrected chi connectivity index (χ2v) is 5.19. The minimum Gasteiger partial charge on any atom is -0.313 e. The third-order valence-corrected chi connectivity index (χ3v) is 3.22. The lowest BCUT2D eigenvalue weighted by atomic mass is 9.96. The van der Waals surface area contributed by atoms with Crippen LogP contribution in [0, 0.1) is 0 Å². The van der Waals surface area contributed by atoms with Gasteiger partial charge in [0.2, 0.25) is 0 Å². The van der Waals surface area contributed by atoms with E-state index in [1.165, 1.54) is 11.1 Å². The van der Waals surface area contributed by atoms with Crippen LogP contribution in [0.15, 0.2) is 18.2 Å². The van der Waals surface area contributed by atoms with Crippen molar-refractivity contribution in [2.75, 3.05) is 6.54 Å². The lowest BCUT2D eigenvalue weighted by Gasteiger charge is -2.27. The van der Waals surface area contributed by atoms with E-state index in [4.69, 9.17) is 11.6 Å². The highest BCUT2D eigenvalue weighted by Crippen LogP contribution is 2.20. The van der Waals surface area contributed by atoms with Crippen molar-refractivity contribution < 1.29 is 0 Å². The van der Waals surface area contributed by atoms with E-state index in [1.54, 1.807) is 0 Å². The molecule has 0 saturated carbocycles. The summed E-state index contributed by atoms with van der Waals surface area (Å²) in [4.78, 5) is 0. The minimum atomic E-state index is 0.538. The Hall–Kier alpha value is -0.570. The van der Waals surface area contributed by atoms with Crippen LogP contribution < -0.4 is 10.6 Å². The summed E-state index contributed by atoms with van der Waals surface area (Å²) in [7, 11) is 0. The third kappa shape index (κ3) is 2.97. The van der Waals surface area contributed by atoms with Crippen LogP contribution in [0.1, 0.15) is 25.0 Å². The number of hydrogen-bond donors (Lipinski definition) is 2. The average molecular weight is 239 g/mol. The number of fused-ring (bicyclic) bond motifs is 1. The normalized spacial score (nSPS) is 19.9. The third-order valence-electron chi connectivity index (χ3n) is 2.99. The molecule has 1 unspecified atom stereocenters. The van der Waals surface area contributed by atoms with Gasteiger partial charge in [0.05, 0.1) is 0 Å². The van der Waals surface area contributed by atoms with Crippen molar-refractivity contribution in [1.82, 2.24) is 10.6 Å². The van der Waals surface area contributed by atoms with E-state index in [9.17, 15) is 0 Å². The van der Waals surface area contributed by atoms with Crippen LogP contribution in [0.4, 0.5) is 0 Å². The standard InChI is InChI=1S/C13H19ClN2/c1-9(2)15-8-13-6-10-3-4-12(14)5-11(10)7-16-13/h3-5,9,13,15-16H,6-8H2,1-2H3. The molecule has 0 saturated heterocycles. The van der Waals surface area contributed by atoms with Crippen LogP contribution in [0.3, 0.4) is 0 Å². The molecule has 0 bridgehead atoms. The zero-order valence-corrected chi connectivity index (χ0v) is 10.6. The minimum absolute atomic E-state index is 0.538. The molecule has 0 aromatic heterocycles. The number of nitrogens with one attached hydrogen (secondary N) is 2. The summed E-state index contributed by atoms with van der Waals surface area (Å²) in [5, 5.41) is 7.84. The summed E-state index contributed by atoms with van der Waals surface area (Å²) < 4.78 is 0. The fourth-order valence-corrected chi connectivity index (χ4v) is 2.27. The Labute approximate surface area is 102 Å². The van der Waals surface area contributed by atoms with Gasteiger partial charge in [-0.15, -0.1) is 0 Å². The quantitative estimate of drug-likeness (QED) is 0.845. The maximum absolute atomic E-state index is 5.98. The van der Waals surface area contributed by atoms with Crippen LogP contribution in [-0.2, 0) is 13.0 Å². The first-order valence-corrected chi connectivity index (χ1v) is 6.27. The number of benzene rings is 1. The summed E-state index contributed by atoms with van der Waals surface area (Å²) in [5.74, 6) is 0. The fourth-order valence-electron chi connectivity index (χ4n) is 2.07. The van der Waals surface area contributed by atoms with Gasteiger partial charge in [0.1, 0.15) is 0 Å². The van der Waals surface area contributed by atoms with Crippen LogP contribution in [0.5, 0.6) is 0 Å². The maximum atomic E-state index is 5.98. The molecular formula is C13H19ClN2. The highest BCUT2D eigenvalue weighted by atomic mass is 35.5. The zero-order valence-electron chi connectivity index (χ0n) is 9.89. The van der Waals surface area contributed by atoms with E-state index < -0.39 is 0 Å². The molecule has 0 fully saturated rings. The van der Waals surface area contributed by atoms with Crippen molar-refractivity contribution in [3.63, 3.8) is 0 Å². The molecular weight excluding hydrogens is 220 g/mol. The first kappa shape index (κ1) is 11.9. The summed E-state index contributed by atoms with van der Waals surface area (Å²) in [6, 6.07) is 7.29. The molecule has 1 atom stereocenters. The van der Waals surface area contributed by atoms with Gasteiger partial charge in [0.25, 0.3) is 0 Å². The van der Waals surface area contributed by atoms with Crippen LogP contribution >= 0.6 is 11.6 Å². The molecule has 3 heteroatoms. The van der Waals surface area contributed by atoms with Gasteiger partial charge >= 0.3 is 0 Å². The number of rotatable bonds is 3. The monoisotopic (exact) mass is 238 g/mol. The summed E-state index contributed by atoms with van der Waals surface area (Å²) in [6.07, 6.45) is 1.09. The topological polar surface area (TPSA) is 24.1 Å². The number of halogens is 1. The maximum Gasteiger partial charge on any atom is 0.0409 e. The molecule has 0 amide bonds. The Bertz CT molecular complexity index is 363. The Balaban J connectivity index is 1.98. The van der Waals surface area contributed by atoms with Gasteiger partial charge in [0, 0.05) is 30.2 Å².